The van der Waals surface area contributed by atoms with Crippen LogP contribution in [0.1, 0.15) is 6.42 Å². The lowest BCUT2D eigenvalue weighted by atomic mass is 10.2. The van der Waals surface area contributed by atoms with Crippen molar-refractivity contribution in [2.24, 2.45) is 0 Å². The molecule has 0 radical (unpaired) electrons. The minimum Gasteiger partial charge on any atom is -0.493 e. The number of aliphatic hydroxyl groups excluding tert-OH is 1. The first-order valence-corrected chi connectivity index (χ1v) is 6.49. The van der Waals surface area contributed by atoms with Gasteiger partial charge in [-0.15, -0.1) is 0 Å². The number of aliphatic hydroxyl groups is 1. The van der Waals surface area contributed by atoms with E-state index in [1.54, 1.807) is 24.3 Å². The van der Waals surface area contributed by atoms with E-state index in [9.17, 15) is 14.7 Å². The fourth-order valence-corrected chi connectivity index (χ4v) is 2.28. The highest BCUT2D eigenvalue weighted by atomic mass is 16.5. The molecule has 7 heteroatoms. The molecule has 2 unspecified atom stereocenters. The Labute approximate surface area is 121 Å². The molecule has 1 aromatic carbocycles. The second-order valence-corrected chi connectivity index (χ2v) is 4.73. The number of β-amino-alcohol motifs (C(OH)–C–C–N with tert-alkyl or cyclic N) is 1. The monoisotopic (exact) mass is 295 g/mol. The molecule has 0 aromatic heterocycles. The lowest BCUT2D eigenvalue weighted by Gasteiger charge is -2.21. The van der Waals surface area contributed by atoms with Crippen molar-refractivity contribution in [1.29, 1.82) is 0 Å². The molecule has 21 heavy (non-hydrogen) atoms. The smallest absolute Gasteiger partial charge is 0.326 e. The molecule has 2 N–H and O–H groups in total. The van der Waals surface area contributed by atoms with E-state index in [1.165, 1.54) is 7.11 Å². The maximum atomic E-state index is 12.1. The van der Waals surface area contributed by atoms with Crippen LogP contribution in [0.25, 0.3) is 0 Å². The number of aliphatic carboxylic acids is 1. The first kappa shape index (κ1) is 15.1. The molecule has 1 heterocycles. The van der Waals surface area contributed by atoms with Crippen molar-refractivity contribution in [1.82, 2.24) is 4.90 Å². The van der Waals surface area contributed by atoms with Gasteiger partial charge in [0.25, 0.3) is 5.91 Å². The lowest BCUT2D eigenvalue weighted by molar-refractivity contribution is -0.149. The number of benzene rings is 1. The van der Waals surface area contributed by atoms with E-state index in [-0.39, 0.29) is 19.6 Å². The molecule has 0 bridgehead atoms. The van der Waals surface area contributed by atoms with Gasteiger partial charge >= 0.3 is 5.97 Å². The Morgan fingerprint density at radius 1 is 1.33 bits per heavy atom. The minimum absolute atomic E-state index is 0.00504. The summed E-state index contributed by atoms with van der Waals surface area (Å²) in [4.78, 5) is 24.3. The zero-order valence-electron chi connectivity index (χ0n) is 11.6. The molecule has 2 rings (SSSR count). The number of methoxy groups -OCH3 is 1. The van der Waals surface area contributed by atoms with Crippen molar-refractivity contribution < 1.29 is 29.3 Å². The maximum absolute atomic E-state index is 12.1. The van der Waals surface area contributed by atoms with Crippen molar-refractivity contribution >= 4 is 11.9 Å². The largest absolute Gasteiger partial charge is 0.493 e. The van der Waals surface area contributed by atoms with Gasteiger partial charge in [0.2, 0.25) is 0 Å². The Hall–Kier alpha value is -2.28. The van der Waals surface area contributed by atoms with Gasteiger partial charge in [0.05, 0.1) is 13.2 Å². The van der Waals surface area contributed by atoms with E-state index in [2.05, 4.69) is 0 Å². The fraction of sp³-hybridized carbons (Fsp3) is 0.429. The predicted octanol–water partition coefficient (Wildman–Crippen LogP) is 0.120. The summed E-state index contributed by atoms with van der Waals surface area (Å²) in [6, 6.07) is 5.85. The Balaban J connectivity index is 2.00. The summed E-state index contributed by atoms with van der Waals surface area (Å²) >= 11 is 0. The van der Waals surface area contributed by atoms with Gasteiger partial charge in [-0.3, -0.25) is 4.79 Å². The number of para-hydroxylation sites is 2. The molecule has 1 aliphatic heterocycles. The van der Waals surface area contributed by atoms with Crippen LogP contribution in [0.4, 0.5) is 0 Å². The number of ether oxygens (including phenoxy) is 2. The summed E-state index contributed by atoms with van der Waals surface area (Å²) in [7, 11) is 1.49. The van der Waals surface area contributed by atoms with Crippen LogP contribution in [0, 0.1) is 0 Å². The number of rotatable bonds is 5. The Kier molecular flexibility index (Phi) is 4.64. The summed E-state index contributed by atoms with van der Waals surface area (Å²) in [6.07, 6.45) is -0.781. The van der Waals surface area contributed by atoms with Crippen LogP contribution in [0.15, 0.2) is 24.3 Å². The van der Waals surface area contributed by atoms with Crippen LogP contribution in [0.2, 0.25) is 0 Å². The van der Waals surface area contributed by atoms with Crippen LogP contribution >= 0.6 is 0 Å². The second-order valence-electron chi connectivity index (χ2n) is 4.73. The van der Waals surface area contributed by atoms with Gasteiger partial charge in [0.15, 0.2) is 18.1 Å². The number of carbonyl (C=O) groups excluding carboxylic acids is 1. The van der Waals surface area contributed by atoms with Gasteiger partial charge in [-0.05, 0) is 12.1 Å². The quantitative estimate of drug-likeness (QED) is 0.801. The predicted molar refractivity (Wildman–Crippen MR) is 72.2 cm³/mol. The standard InChI is InChI=1S/C14H17NO6/c1-20-11-4-2-3-5-12(11)21-8-13(17)15-7-9(16)6-10(15)14(18)19/h2-5,9-10,16H,6-8H2,1H3,(H,18,19). The summed E-state index contributed by atoms with van der Waals surface area (Å²) in [5, 5.41) is 18.6. The van der Waals surface area contributed by atoms with E-state index in [0.29, 0.717) is 11.5 Å². The molecule has 0 aliphatic carbocycles. The SMILES string of the molecule is COc1ccccc1OCC(=O)N1CC(O)CC1C(=O)O. The normalized spacial score (nSPS) is 21.1. The Morgan fingerprint density at radius 2 is 2.00 bits per heavy atom. The van der Waals surface area contributed by atoms with Gasteiger partial charge in [-0.25, -0.2) is 4.79 Å². The summed E-state index contributed by atoms with van der Waals surface area (Å²) < 4.78 is 10.5. The van der Waals surface area contributed by atoms with Gasteiger partial charge in [-0.2, -0.15) is 0 Å². The van der Waals surface area contributed by atoms with Gasteiger partial charge in [-0.1, -0.05) is 12.1 Å². The van der Waals surface area contributed by atoms with Crippen molar-refractivity contribution in [2.45, 2.75) is 18.6 Å². The number of nitrogens with zero attached hydrogens (tertiary/aromatic N) is 1. The molecule has 114 valence electrons. The minimum atomic E-state index is -1.13. The van der Waals surface area contributed by atoms with E-state index in [0.717, 1.165) is 4.90 Å². The molecule has 2 atom stereocenters. The summed E-state index contributed by atoms with van der Waals surface area (Å²) in [6.45, 7) is -0.304. The highest BCUT2D eigenvalue weighted by Gasteiger charge is 2.38. The summed E-state index contributed by atoms with van der Waals surface area (Å²) in [5.41, 5.74) is 0. The first-order valence-electron chi connectivity index (χ1n) is 6.49. The average Bonchev–Trinajstić information content (AvgIpc) is 2.87. The van der Waals surface area contributed by atoms with Crippen molar-refractivity contribution in [2.75, 3.05) is 20.3 Å². The van der Waals surface area contributed by atoms with E-state index < -0.39 is 24.0 Å². The van der Waals surface area contributed by atoms with E-state index in [1.807, 2.05) is 0 Å². The number of carboxylic acids is 1. The molecule has 7 nitrogen and oxygen atoms in total. The average molecular weight is 295 g/mol. The van der Waals surface area contributed by atoms with Gasteiger partial charge in [0, 0.05) is 13.0 Å². The van der Waals surface area contributed by atoms with E-state index >= 15 is 0 Å². The summed E-state index contributed by atoms with van der Waals surface area (Å²) in [5.74, 6) is -0.719. The lowest BCUT2D eigenvalue weighted by Crippen LogP contribution is -2.42. The highest BCUT2D eigenvalue weighted by molar-refractivity contribution is 5.85. The zero-order valence-corrected chi connectivity index (χ0v) is 11.6. The van der Waals surface area contributed by atoms with Crippen molar-refractivity contribution in [3.63, 3.8) is 0 Å². The zero-order chi connectivity index (χ0) is 15.4. The third kappa shape index (κ3) is 3.43. The van der Waals surface area contributed by atoms with Crippen molar-refractivity contribution in [3.05, 3.63) is 24.3 Å². The topological polar surface area (TPSA) is 96.3 Å². The third-order valence-electron chi connectivity index (χ3n) is 3.30. The molecule has 0 saturated carbocycles. The van der Waals surface area contributed by atoms with E-state index in [4.69, 9.17) is 14.6 Å². The van der Waals surface area contributed by atoms with Crippen LogP contribution in [0.3, 0.4) is 0 Å². The molecule has 1 aliphatic rings. The Morgan fingerprint density at radius 3 is 2.62 bits per heavy atom. The molecular formula is C14H17NO6. The second kappa shape index (κ2) is 6.45. The molecule has 1 aromatic rings. The number of hydrogen-bond acceptors (Lipinski definition) is 5. The number of carboxylic acid groups (broad SMARTS) is 1. The number of carbonyl (C=O) groups is 2. The number of amides is 1. The highest BCUT2D eigenvalue weighted by Crippen LogP contribution is 2.26. The van der Waals surface area contributed by atoms with Gasteiger partial charge < -0.3 is 24.6 Å². The molecule has 1 fully saturated rings. The Bertz CT molecular complexity index is 532. The van der Waals surface area contributed by atoms with Crippen LogP contribution in [0.5, 0.6) is 11.5 Å². The third-order valence-corrected chi connectivity index (χ3v) is 3.30. The maximum Gasteiger partial charge on any atom is 0.326 e. The van der Waals surface area contributed by atoms with Crippen LogP contribution in [-0.4, -0.2) is 59.4 Å². The first-order chi connectivity index (χ1) is 10.0. The number of hydrogen-bond donors (Lipinski definition) is 2. The molecular weight excluding hydrogens is 278 g/mol. The molecule has 1 amide bonds. The molecule has 1 saturated heterocycles. The molecule has 0 spiro atoms. The van der Waals surface area contributed by atoms with Crippen LogP contribution < -0.4 is 9.47 Å². The number of likely N-dealkylation sites (tertiary alicyclic amines) is 1. The van der Waals surface area contributed by atoms with Crippen LogP contribution in [-0.2, 0) is 9.59 Å². The van der Waals surface area contributed by atoms with Crippen molar-refractivity contribution in [3.8, 4) is 11.5 Å². The van der Waals surface area contributed by atoms with Gasteiger partial charge in [0.1, 0.15) is 6.04 Å². The fourth-order valence-electron chi connectivity index (χ4n) is 2.28.